The van der Waals surface area contributed by atoms with Crippen molar-refractivity contribution in [3.63, 3.8) is 0 Å². The monoisotopic (exact) mass is 442 g/mol. The topological polar surface area (TPSA) is 112 Å². The van der Waals surface area contributed by atoms with E-state index in [2.05, 4.69) is 15.3 Å². The molecule has 0 spiro atoms. The van der Waals surface area contributed by atoms with Crippen LogP contribution in [0.4, 0.5) is 0 Å². The standard InChI is InChI=1S/C20H18N4O4S2/c25-14(8-12-4-2-1-3-5-12)23-16-18(26)24-17(20(27)28)13(11-30-19(16)24)10-29-15-9-21-6-7-22-15/h1-7,9,16,19H,8,10-11H2,(H,23,25)(H,27,28)/t16?,19-/m1/s1. The number of carboxylic acid groups (broad SMARTS) is 1. The number of hydrogen-bond donors (Lipinski definition) is 2. The molecule has 0 radical (unpaired) electrons. The molecule has 0 bridgehead atoms. The van der Waals surface area contributed by atoms with Crippen LogP contribution < -0.4 is 5.32 Å². The van der Waals surface area contributed by atoms with E-state index in [1.54, 1.807) is 18.6 Å². The predicted octanol–water partition coefficient (Wildman–Crippen LogP) is 1.55. The van der Waals surface area contributed by atoms with E-state index in [1.807, 2.05) is 30.3 Å². The SMILES string of the molecule is O=C(Cc1ccccc1)NC1C(=O)N2C(C(=O)O)=C(CSc3cnccn3)CS[C@H]12. The average Bonchev–Trinajstić information content (AvgIpc) is 2.76. The molecule has 8 nitrogen and oxygen atoms in total. The highest BCUT2D eigenvalue weighted by Crippen LogP contribution is 2.41. The van der Waals surface area contributed by atoms with E-state index in [4.69, 9.17) is 0 Å². The highest BCUT2D eigenvalue weighted by atomic mass is 32.2. The molecule has 2 amide bonds. The first-order valence-electron chi connectivity index (χ1n) is 9.16. The molecule has 1 saturated heterocycles. The van der Waals surface area contributed by atoms with Gasteiger partial charge in [-0.3, -0.25) is 19.5 Å². The molecular weight excluding hydrogens is 424 g/mol. The van der Waals surface area contributed by atoms with Gasteiger partial charge in [-0.25, -0.2) is 9.78 Å². The second-order valence-corrected chi connectivity index (χ2v) is 8.81. The van der Waals surface area contributed by atoms with Gasteiger partial charge in [0, 0.05) is 23.9 Å². The first-order chi connectivity index (χ1) is 14.5. The van der Waals surface area contributed by atoms with Crippen molar-refractivity contribution in [2.24, 2.45) is 0 Å². The predicted molar refractivity (Wildman–Crippen MR) is 113 cm³/mol. The van der Waals surface area contributed by atoms with Crippen LogP contribution in [0, 0.1) is 0 Å². The number of carbonyl (C=O) groups excluding carboxylic acids is 2. The molecule has 4 rings (SSSR count). The number of β-lactam (4-membered cyclic amide) rings is 1. The number of aromatic nitrogens is 2. The second kappa shape index (κ2) is 8.88. The van der Waals surface area contributed by atoms with Crippen LogP contribution in [-0.2, 0) is 20.8 Å². The smallest absolute Gasteiger partial charge is 0.352 e. The molecule has 2 atom stereocenters. The molecule has 2 aliphatic rings. The van der Waals surface area contributed by atoms with Crippen LogP contribution in [0.25, 0.3) is 0 Å². The number of benzene rings is 1. The molecule has 154 valence electrons. The number of nitrogens with zero attached hydrogens (tertiary/aromatic N) is 3. The number of aliphatic carboxylic acids is 1. The Morgan fingerprint density at radius 2 is 2.07 bits per heavy atom. The number of carbonyl (C=O) groups is 3. The highest BCUT2D eigenvalue weighted by molar-refractivity contribution is 8.01. The maximum absolute atomic E-state index is 12.7. The van der Waals surface area contributed by atoms with Crippen molar-refractivity contribution >= 4 is 41.3 Å². The van der Waals surface area contributed by atoms with Crippen molar-refractivity contribution in [1.82, 2.24) is 20.2 Å². The van der Waals surface area contributed by atoms with E-state index in [0.29, 0.717) is 22.1 Å². The quantitative estimate of drug-likeness (QED) is 0.491. The lowest BCUT2D eigenvalue weighted by molar-refractivity contribution is -0.150. The molecule has 2 aromatic rings. The van der Waals surface area contributed by atoms with Crippen LogP contribution in [0.5, 0.6) is 0 Å². The fourth-order valence-electron chi connectivity index (χ4n) is 3.32. The molecular formula is C20H18N4O4S2. The molecule has 30 heavy (non-hydrogen) atoms. The summed E-state index contributed by atoms with van der Waals surface area (Å²) in [5.74, 6) is -0.932. The lowest BCUT2D eigenvalue weighted by atomic mass is 10.0. The summed E-state index contributed by atoms with van der Waals surface area (Å²) >= 11 is 2.83. The number of rotatable bonds is 7. The molecule has 1 unspecified atom stereocenters. The Labute approximate surface area is 181 Å². The van der Waals surface area contributed by atoms with Gasteiger partial charge in [0.1, 0.15) is 22.1 Å². The molecule has 1 aromatic heterocycles. The van der Waals surface area contributed by atoms with Gasteiger partial charge >= 0.3 is 5.97 Å². The summed E-state index contributed by atoms with van der Waals surface area (Å²) in [6.07, 6.45) is 4.92. The fourth-order valence-corrected chi connectivity index (χ4v) is 5.63. The minimum Gasteiger partial charge on any atom is -0.477 e. The minimum atomic E-state index is -1.14. The summed E-state index contributed by atoms with van der Waals surface area (Å²) < 4.78 is 0. The number of hydrogen-bond acceptors (Lipinski definition) is 7. The lowest BCUT2D eigenvalue weighted by Crippen LogP contribution is -2.70. The Hall–Kier alpha value is -2.85. The molecule has 0 aliphatic carbocycles. The summed E-state index contributed by atoms with van der Waals surface area (Å²) in [6.45, 7) is 0. The first-order valence-corrected chi connectivity index (χ1v) is 11.2. The van der Waals surface area contributed by atoms with E-state index in [9.17, 15) is 19.5 Å². The van der Waals surface area contributed by atoms with Crippen molar-refractivity contribution in [2.45, 2.75) is 22.9 Å². The number of thioether (sulfide) groups is 2. The van der Waals surface area contributed by atoms with Gasteiger partial charge in [-0.15, -0.1) is 23.5 Å². The van der Waals surface area contributed by atoms with Crippen LogP contribution in [0.15, 0.2) is 65.2 Å². The Morgan fingerprint density at radius 1 is 1.27 bits per heavy atom. The van der Waals surface area contributed by atoms with Gasteiger partial charge in [-0.05, 0) is 11.1 Å². The summed E-state index contributed by atoms with van der Waals surface area (Å²) in [6, 6.07) is 8.54. The minimum absolute atomic E-state index is 0.00805. The van der Waals surface area contributed by atoms with E-state index in [-0.39, 0.29) is 18.0 Å². The Morgan fingerprint density at radius 3 is 2.77 bits per heavy atom. The number of carboxylic acids is 1. The van der Waals surface area contributed by atoms with Gasteiger partial charge in [0.05, 0.1) is 12.6 Å². The molecule has 10 heteroatoms. The third-order valence-corrected chi connectivity index (χ3v) is 7.05. The van der Waals surface area contributed by atoms with E-state index in [1.165, 1.54) is 28.4 Å². The Balaban J connectivity index is 1.43. The molecule has 1 fully saturated rings. The van der Waals surface area contributed by atoms with Crippen molar-refractivity contribution in [3.05, 3.63) is 65.8 Å². The average molecular weight is 443 g/mol. The van der Waals surface area contributed by atoms with E-state index in [0.717, 1.165) is 5.56 Å². The normalized spacial score (nSPS) is 20.4. The van der Waals surface area contributed by atoms with Crippen molar-refractivity contribution in [1.29, 1.82) is 0 Å². The molecule has 2 N–H and O–H groups in total. The Kier molecular flexibility index (Phi) is 6.05. The number of amides is 2. The van der Waals surface area contributed by atoms with Crippen molar-refractivity contribution < 1.29 is 19.5 Å². The second-order valence-electron chi connectivity index (χ2n) is 6.71. The van der Waals surface area contributed by atoms with Crippen LogP contribution in [0.3, 0.4) is 0 Å². The van der Waals surface area contributed by atoms with Gasteiger partial charge in [-0.1, -0.05) is 30.3 Å². The van der Waals surface area contributed by atoms with Gasteiger partial charge in [0.2, 0.25) is 5.91 Å². The van der Waals surface area contributed by atoms with Crippen molar-refractivity contribution in [2.75, 3.05) is 11.5 Å². The first kappa shape index (κ1) is 20.4. The summed E-state index contributed by atoms with van der Waals surface area (Å²) in [5.41, 5.74) is 1.51. The van der Waals surface area contributed by atoms with Gasteiger partial charge < -0.3 is 10.4 Å². The molecule has 3 heterocycles. The highest BCUT2D eigenvalue weighted by Gasteiger charge is 2.54. The van der Waals surface area contributed by atoms with Crippen LogP contribution in [0.1, 0.15) is 5.56 Å². The van der Waals surface area contributed by atoms with Crippen LogP contribution in [-0.4, -0.2) is 60.7 Å². The molecule has 1 aromatic carbocycles. The third-order valence-electron chi connectivity index (χ3n) is 4.71. The van der Waals surface area contributed by atoms with Crippen LogP contribution in [0.2, 0.25) is 0 Å². The van der Waals surface area contributed by atoms with Gasteiger partial charge in [-0.2, -0.15) is 0 Å². The van der Waals surface area contributed by atoms with Gasteiger partial charge in [0.15, 0.2) is 0 Å². The van der Waals surface area contributed by atoms with Crippen LogP contribution >= 0.6 is 23.5 Å². The summed E-state index contributed by atoms with van der Waals surface area (Å²) in [4.78, 5) is 46.4. The zero-order valence-corrected chi connectivity index (χ0v) is 17.4. The Bertz CT molecular complexity index is 1000. The number of nitrogens with one attached hydrogen (secondary N) is 1. The van der Waals surface area contributed by atoms with E-state index >= 15 is 0 Å². The molecule has 2 aliphatic heterocycles. The summed E-state index contributed by atoms with van der Waals surface area (Å²) in [7, 11) is 0. The van der Waals surface area contributed by atoms with Gasteiger partial charge in [0.25, 0.3) is 5.91 Å². The zero-order valence-electron chi connectivity index (χ0n) is 15.7. The fraction of sp³-hybridized carbons (Fsp3) is 0.250. The maximum Gasteiger partial charge on any atom is 0.352 e. The third kappa shape index (κ3) is 4.19. The maximum atomic E-state index is 12.7. The zero-order chi connectivity index (χ0) is 21.1. The van der Waals surface area contributed by atoms with E-state index < -0.39 is 23.3 Å². The largest absolute Gasteiger partial charge is 0.477 e. The molecule has 0 saturated carbocycles. The lowest BCUT2D eigenvalue weighted by Gasteiger charge is -2.49. The number of fused-ring (bicyclic) bond motifs is 1. The van der Waals surface area contributed by atoms with Crippen molar-refractivity contribution in [3.8, 4) is 0 Å². The summed E-state index contributed by atoms with van der Waals surface area (Å²) in [5, 5.41) is 12.8.